The monoisotopic (exact) mass is 477 g/mol. The standard InChI is InChI=1S/C25H27N5O3S/c1-16(2)29-15-26-25-28-20(12-23(32)30(25)29)14-34-21-10-8-19(9-11-21)27-22(31)13-33-24-17(3)6-5-7-18(24)4/h5-12,15-16H,13-14H2,1-4H3,(H,27,31). The summed E-state index contributed by atoms with van der Waals surface area (Å²) in [5.41, 5.74) is 3.21. The number of rotatable bonds is 8. The van der Waals surface area contributed by atoms with Crippen LogP contribution in [0.1, 0.15) is 36.7 Å². The molecule has 0 saturated carbocycles. The number of benzene rings is 2. The molecule has 0 aliphatic rings. The molecule has 0 fully saturated rings. The van der Waals surface area contributed by atoms with Crippen molar-refractivity contribution in [2.24, 2.45) is 0 Å². The van der Waals surface area contributed by atoms with Gasteiger partial charge in [0, 0.05) is 28.4 Å². The van der Waals surface area contributed by atoms with Gasteiger partial charge in [-0.3, -0.25) is 14.3 Å². The maximum atomic E-state index is 12.5. The van der Waals surface area contributed by atoms with Gasteiger partial charge in [-0.2, -0.15) is 9.50 Å². The Morgan fingerprint density at radius 2 is 1.82 bits per heavy atom. The van der Waals surface area contributed by atoms with E-state index in [-0.39, 0.29) is 24.1 Å². The Morgan fingerprint density at radius 3 is 2.50 bits per heavy atom. The predicted molar refractivity (Wildman–Crippen MR) is 134 cm³/mol. The normalized spacial score (nSPS) is 11.2. The van der Waals surface area contributed by atoms with E-state index in [1.165, 1.54) is 4.52 Å². The summed E-state index contributed by atoms with van der Waals surface area (Å²) in [6.07, 6.45) is 1.63. The maximum absolute atomic E-state index is 12.5. The quantitative estimate of drug-likeness (QED) is 0.378. The van der Waals surface area contributed by atoms with Crippen LogP contribution < -0.4 is 15.6 Å². The summed E-state index contributed by atoms with van der Waals surface area (Å²) in [4.78, 5) is 34.6. The third kappa shape index (κ3) is 5.31. The first-order valence-electron chi connectivity index (χ1n) is 11.0. The summed E-state index contributed by atoms with van der Waals surface area (Å²) in [5.74, 6) is 1.46. The molecule has 34 heavy (non-hydrogen) atoms. The Balaban J connectivity index is 1.33. The highest BCUT2D eigenvalue weighted by Crippen LogP contribution is 2.24. The van der Waals surface area contributed by atoms with E-state index in [1.807, 2.05) is 70.2 Å². The summed E-state index contributed by atoms with van der Waals surface area (Å²) in [7, 11) is 0. The van der Waals surface area contributed by atoms with Gasteiger partial charge >= 0.3 is 0 Å². The van der Waals surface area contributed by atoms with Crippen molar-refractivity contribution in [2.75, 3.05) is 11.9 Å². The van der Waals surface area contributed by atoms with E-state index in [1.54, 1.807) is 28.8 Å². The van der Waals surface area contributed by atoms with Crippen molar-refractivity contribution < 1.29 is 9.53 Å². The highest BCUT2D eigenvalue weighted by molar-refractivity contribution is 7.98. The lowest BCUT2D eigenvalue weighted by molar-refractivity contribution is -0.118. The smallest absolute Gasteiger partial charge is 0.274 e. The summed E-state index contributed by atoms with van der Waals surface area (Å²) in [6.45, 7) is 7.83. The van der Waals surface area contributed by atoms with Crippen molar-refractivity contribution in [1.82, 2.24) is 19.2 Å². The molecular weight excluding hydrogens is 450 g/mol. The van der Waals surface area contributed by atoms with E-state index in [0.717, 1.165) is 21.8 Å². The lowest BCUT2D eigenvalue weighted by atomic mass is 10.1. The number of nitrogens with one attached hydrogen (secondary N) is 1. The molecule has 9 heteroatoms. The van der Waals surface area contributed by atoms with E-state index in [9.17, 15) is 9.59 Å². The number of fused-ring (bicyclic) bond motifs is 1. The minimum atomic E-state index is -0.220. The summed E-state index contributed by atoms with van der Waals surface area (Å²) >= 11 is 1.56. The fourth-order valence-electron chi connectivity index (χ4n) is 3.56. The van der Waals surface area contributed by atoms with E-state index in [2.05, 4.69) is 15.3 Å². The van der Waals surface area contributed by atoms with Crippen LogP contribution in [-0.4, -0.2) is 31.7 Å². The largest absolute Gasteiger partial charge is 0.483 e. The highest BCUT2D eigenvalue weighted by atomic mass is 32.2. The van der Waals surface area contributed by atoms with Gasteiger partial charge in [0.1, 0.15) is 12.1 Å². The lowest BCUT2D eigenvalue weighted by Gasteiger charge is -2.12. The summed E-state index contributed by atoms with van der Waals surface area (Å²) in [6, 6.07) is 15.1. The molecule has 8 nitrogen and oxygen atoms in total. The van der Waals surface area contributed by atoms with Gasteiger partial charge in [-0.1, -0.05) is 18.2 Å². The summed E-state index contributed by atoms with van der Waals surface area (Å²) < 4.78 is 8.96. The second-order valence-corrected chi connectivity index (χ2v) is 9.34. The number of ether oxygens (including phenoxy) is 1. The molecule has 4 rings (SSSR count). The van der Waals surface area contributed by atoms with Crippen molar-refractivity contribution in [3.8, 4) is 5.75 Å². The first-order valence-corrected chi connectivity index (χ1v) is 12.0. The molecule has 0 atom stereocenters. The van der Waals surface area contributed by atoms with Gasteiger partial charge in [0.25, 0.3) is 17.2 Å². The molecule has 0 saturated heterocycles. The van der Waals surface area contributed by atoms with Crippen LogP contribution in [0.15, 0.2) is 64.5 Å². The van der Waals surface area contributed by atoms with Crippen LogP contribution in [0.2, 0.25) is 0 Å². The zero-order valence-electron chi connectivity index (χ0n) is 19.6. The Kier molecular flexibility index (Phi) is 7.02. The van der Waals surface area contributed by atoms with Crippen LogP contribution >= 0.6 is 11.8 Å². The zero-order chi connectivity index (χ0) is 24.2. The first-order chi connectivity index (χ1) is 16.3. The van der Waals surface area contributed by atoms with E-state index < -0.39 is 0 Å². The van der Waals surface area contributed by atoms with Crippen molar-refractivity contribution in [3.63, 3.8) is 0 Å². The second-order valence-electron chi connectivity index (χ2n) is 8.29. The Hall–Kier alpha value is -3.59. The molecule has 0 aliphatic heterocycles. The molecule has 4 aromatic rings. The molecule has 0 radical (unpaired) electrons. The van der Waals surface area contributed by atoms with Crippen LogP contribution in [0.3, 0.4) is 0 Å². The molecule has 1 amide bonds. The van der Waals surface area contributed by atoms with Crippen LogP contribution in [0.5, 0.6) is 5.75 Å². The molecule has 0 spiro atoms. The van der Waals surface area contributed by atoms with Gasteiger partial charge in [-0.05, 0) is 63.1 Å². The van der Waals surface area contributed by atoms with Gasteiger partial charge in [-0.25, -0.2) is 4.98 Å². The number of hydrogen-bond donors (Lipinski definition) is 1. The third-order valence-corrected chi connectivity index (χ3v) is 6.31. The number of aromatic nitrogens is 4. The fourth-order valence-corrected chi connectivity index (χ4v) is 4.36. The topological polar surface area (TPSA) is 90.5 Å². The molecule has 2 heterocycles. The van der Waals surface area contributed by atoms with E-state index in [4.69, 9.17) is 4.74 Å². The average molecular weight is 478 g/mol. The minimum Gasteiger partial charge on any atom is -0.483 e. The van der Waals surface area contributed by atoms with Gasteiger partial charge in [-0.15, -0.1) is 11.8 Å². The average Bonchev–Trinajstić information content (AvgIpc) is 3.23. The van der Waals surface area contributed by atoms with Crippen LogP contribution in [0.25, 0.3) is 5.78 Å². The number of thioether (sulfide) groups is 1. The van der Waals surface area contributed by atoms with Crippen molar-refractivity contribution >= 4 is 29.1 Å². The van der Waals surface area contributed by atoms with Gasteiger partial charge in [0.2, 0.25) is 0 Å². The van der Waals surface area contributed by atoms with Gasteiger partial charge in [0.05, 0.1) is 5.69 Å². The number of hydrogen-bond acceptors (Lipinski definition) is 6. The van der Waals surface area contributed by atoms with Crippen molar-refractivity contribution in [1.29, 1.82) is 0 Å². The van der Waals surface area contributed by atoms with Gasteiger partial charge < -0.3 is 10.1 Å². The highest BCUT2D eigenvalue weighted by Gasteiger charge is 2.11. The zero-order valence-corrected chi connectivity index (χ0v) is 20.4. The molecule has 2 aromatic carbocycles. The third-order valence-electron chi connectivity index (χ3n) is 5.26. The minimum absolute atomic E-state index is 0.0571. The number of aryl methyl sites for hydroxylation is 2. The number of carbonyl (C=O) groups excluding carboxylic acids is 1. The molecule has 0 unspecified atom stereocenters. The predicted octanol–water partition coefficient (Wildman–Crippen LogP) is 4.40. The Bertz CT molecular complexity index is 1360. The SMILES string of the molecule is Cc1cccc(C)c1OCC(=O)Nc1ccc(SCc2cc(=O)n3c(ncn3C(C)C)n2)cc1. The van der Waals surface area contributed by atoms with Crippen molar-refractivity contribution in [2.45, 2.75) is 44.4 Å². The fraction of sp³-hybridized carbons (Fsp3) is 0.280. The first kappa shape index (κ1) is 23.6. The number of nitrogens with zero attached hydrogens (tertiary/aromatic N) is 4. The van der Waals surface area contributed by atoms with Crippen LogP contribution in [0, 0.1) is 13.8 Å². The molecule has 176 valence electrons. The molecule has 1 N–H and O–H groups in total. The van der Waals surface area contributed by atoms with Gasteiger partial charge in [0.15, 0.2) is 6.61 Å². The molecule has 2 aromatic heterocycles. The van der Waals surface area contributed by atoms with Crippen LogP contribution in [0.4, 0.5) is 5.69 Å². The summed E-state index contributed by atoms with van der Waals surface area (Å²) in [5, 5.41) is 2.85. The Morgan fingerprint density at radius 1 is 1.12 bits per heavy atom. The molecular formula is C25H27N5O3S. The number of para-hydroxylation sites is 1. The number of anilines is 1. The Labute approximate surface area is 202 Å². The number of carbonyl (C=O) groups is 1. The second kappa shape index (κ2) is 10.1. The lowest BCUT2D eigenvalue weighted by Crippen LogP contribution is -2.22. The maximum Gasteiger partial charge on any atom is 0.274 e. The van der Waals surface area contributed by atoms with E-state index in [0.29, 0.717) is 22.9 Å². The number of amides is 1. The molecule has 0 aliphatic carbocycles. The van der Waals surface area contributed by atoms with Crippen molar-refractivity contribution in [3.05, 3.63) is 82.0 Å². The van der Waals surface area contributed by atoms with E-state index >= 15 is 0 Å². The molecule has 0 bridgehead atoms. The van der Waals surface area contributed by atoms with Crippen LogP contribution in [-0.2, 0) is 10.5 Å².